The van der Waals surface area contributed by atoms with Gasteiger partial charge < -0.3 is 15.3 Å². The summed E-state index contributed by atoms with van der Waals surface area (Å²) in [5.74, 6) is 4.95. The Morgan fingerprint density at radius 1 is 1.56 bits per heavy atom. The molecule has 18 heavy (non-hydrogen) atoms. The second-order valence-electron chi connectivity index (χ2n) is 4.01. The number of anilines is 1. The quantitative estimate of drug-likeness (QED) is 0.375. The van der Waals surface area contributed by atoms with Crippen LogP contribution in [0.25, 0.3) is 0 Å². The van der Waals surface area contributed by atoms with Crippen molar-refractivity contribution < 1.29 is 14.2 Å². The highest BCUT2D eigenvalue weighted by Crippen LogP contribution is 2.21. The molecule has 0 saturated heterocycles. The molecule has 0 saturated carbocycles. The number of aliphatic hydroxyl groups excluding tert-OH is 1. The molecule has 6 heteroatoms. The second-order valence-corrected chi connectivity index (χ2v) is 4.01. The molecule has 0 aliphatic carbocycles. The number of aliphatic hydroxyl groups is 1. The molecule has 0 spiro atoms. The van der Waals surface area contributed by atoms with Gasteiger partial charge in [0, 0.05) is 25.2 Å². The van der Waals surface area contributed by atoms with E-state index >= 15 is 0 Å². The summed E-state index contributed by atoms with van der Waals surface area (Å²) in [6.45, 7) is 3.14. The number of pyridine rings is 1. The van der Waals surface area contributed by atoms with Crippen LogP contribution in [0.5, 0.6) is 0 Å². The fourth-order valence-electron chi connectivity index (χ4n) is 1.49. The summed E-state index contributed by atoms with van der Waals surface area (Å²) in [5.41, 5.74) is 2.49. The molecule has 1 heterocycles. The van der Waals surface area contributed by atoms with E-state index in [0.29, 0.717) is 25.5 Å². The predicted molar refractivity (Wildman–Crippen MR) is 67.3 cm³/mol. The van der Waals surface area contributed by atoms with E-state index in [2.05, 4.69) is 17.3 Å². The number of halogens is 1. The zero-order valence-electron chi connectivity index (χ0n) is 10.5. The first-order valence-corrected chi connectivity index (χ1v) is 6.07. The van der Waals surface area contributed by atoms with Crippen molar-refractivity contribution >= 4 is 5.82 Å². The van der Waals surface area contributed by atoms with Gasteiger partial charge in [0.15, 0.2) is 0 Å². The number of rotatable bonds is 8. The van der Waals surface area contributed by atoms with Crippen molar-refractivity contribution in [2.24, 2.45) is 5.84 Å². The minimum absolute atomic E-state index is 0.178. The summed E-state index contributed by atoms with van der Waals surface area (Å²) in [7, 11) is 0. The third-order valence-electron chi connectivity index (χ3n) is 2.57. The van der Waals surface area contributed by atoms with Gasteiger partial charge in [-0.3, -0.25) is 0 Å². The summed E-state index contributed by atoms with van der Waals surface area (Å²) >= 11 is 0. The fourth-order valence-corrected chi connectivity index (χ4v) is 1.49. The Labute approximate surface area is 106 Å². The topological polar surface area (TPSA) is 80.4 Å². The molecule has 0 amide bonds. The number of nitrogens with zero attached hydrogens (tertiary/aromatic N) is 1. The lowest BCUT2D eigenvalue weighted by molar-refractivity contribution is 0.0789. The van der Waals surface area contributed by atoms with Crippen LogP contribution in [0.15, 0.2) is 12.3 Å². The zero-order valence-corrected chi connectivity index (χ0v) is 10.5. The highest BCUT2D eigenvalue weighted by atomic mass is 19.1. The molecule has 4 N–H and O–H groups in total. The largest absolute Gasteiger partial charge is 0.388 e. The maximum Gasteiger partial charge on any atom is 0.147 e. The van der Waals surface area contributed by atoms with Crippen LogP contribution < -0.4 is 11.3 Å². The highest BCUT2D eigenvalue weighted by molar-refractivity contribution is 5.37. The molecule has 0 aliphatic rings. The second kappa shape index (κ2) is 7.97. The van der Waals surface area contributed by atoms with Gasteiger partial charge >= 0.3 is 0 Å². The number of hydrogen-bond acceptors (Lipinski definition) is 5. The molecule has 1 rings (SSSR count). The van der Waals surface area contributed by atoms with Gasteiger partial charge in [-0.05, 0) is 12.5 Å². The van der Waals surface area contributed by atoms with Gasteiger partial charge in [0.25, 0.3) is 0 Å². The van der Waals surface area contributed by atoms with Gasteiger partial charge in [0.1, 0.15) is 11.6 Å². The Hall–Kier alpha value is -1.24. The molecule has 1 unspecified atom stereocenters. The summed E-state index contributed by atoms with van der Waals surface area (Å²) in [6, 6.07) is 1.39. The van der Waals surface area contributed by atoms with Crippen molar-refractivity contribution in [2.45, 2.75) is 32.3 Å². The summed E-state index contributed by atoms with van der Waals surface area (Å²) in [4.78, 5) is 3.71. The summed E-state index contributed by atoms with van der Waals surface area (Å²) in [5, 5.41) is 9.86. The number of unbranched alkanes of at least 4 members (excludes halogenated alkanes) is 1. The smallest absolute Gasteiger partial charge is 0.147 e. The molecule has 0 bridgehead atoms. The van der Waals surface area contributed by atoms with E-state index in [1.54, 1.807) is 0 Å². The SMILES string of the molecule is CCCCOCCC(O)c1cc(NN)ncc1F. The maximum absolute atomic E-state index is 13.5. The molecular formula is C12H20FN3O2. The standard InChI is InChI=1S/C12H20FN3O2/c1-2-3-5-18-6-4-11(17)9-7-12(16-14)15-8-10(9)13/h7-8,11,17H,2-6,14H2,1H3,(H,15,16). The molecule has 1 aromatic heterocycles. The molecule has 1 atom stereocenters. The van der Waals surface area contributed by atoms with E-state index in [4.69, 9.17) is 10.6 Å². The zero-order chi connectivity index (χ0) is 13.4. The number of hydrogen-bond donors (Lipinski definition) is 3. The normalized spacial score (nSPS) is 12.4. The predicted octanol–water partition coefficient (Wildman–Crippen LogP) is 1.75. The van der Waals surface area contributed by atoms with E-state index < -0.39 is 11.9 Å². The van der Waals surface area contributed by atoms with E-state index in [9.17, 15) is 9.50 Å². The third-order valence-corrected chi connectivity index (χ3v) is 2.57. The van der Waals surface area contributed by atoms with Crippen LogP contribution >= 0.6 is 0 Å². The molecule has 0 fully saturated rings. The molecular weight excluding hydrogens is 237 g/mol. The highest BCUT2D eigenvalue weighted by Gasteiger charge is 2.14. The minimum Gasteiger partial charge on any atom is -0.388 e. The fraction of sp³-hybridized carbons (Fsp3) is 0.583. The Morgan fingerprint density at radius 2 is 2.33 bits per heavy atom. The first-order valence-electron chi connectivity index (χ1n) is 6.07. The molecule has 5 nitrogen and oxygen atoms in total. The molecule has 0 radical (unpaired) electrons. The van der Waals surface area contributed by atoms with Crippen LogP contribution in [0.3, 0.4) is 0 Å². The number of nitrogen functional groups attached to an aromatic ring is 1. The Bertz CT molecular complexity index is 363. The Balaban J connectivity index is 2.47. The van der Waals surface area contributed by atoms with Gasteiger partial charge in [-0.2, -0.15) is 0 Å². The monoisotopic (exact) mass is 257 g/mol. The number of ether oxygens (including phenoxy) is 1. The van der Waals surface area contributed by atoms with Crippen LogP contribution in [0.4, 0.5) is 10.2 Å². The number of nitrogens with one attached hydrogen (secondary N) is 1. The molecule has 1 aromatic rings. The number of nitrogens with two attached hydrogens (primary N) is 1. The Morgan fingerprint density at radius 3 is 3.00 bits per heavy atom. The number of hydrazine groups is 1. The lowest BCUT2D eigenvalue weighted by Crippen LogP contribution is -2.11. The van der Waals surface area contributed by atoms with Crippen molar-refractivity contribution in [3.8, 4) is 0 Å². The average Bonchev–Trinajstić information content (AvgIpc) is 2.39. The van der Waals surface area contributed by atoms with Crippen LogP contribution in [0, 0.1) is 5.82 Å². The van der Waals surface area contributed by atoms with Crippen molar-refractivity contribution in [2.75, 3.05) is 18.6 Å². The summed E-state index contributed by atoms with van der Waals surface area (Å²) < 4.78 is 18.8. The molecule has 102 valence electrons. The lowest BCUT2D eigenvalue weighted by Gasteiger charge is -2.13. The van der Waals surface area contributed by atoms with Gasteiger partial charge in [-0.1, -0.05) is 13.3 Å². The van der Waals surface area contributed by atoms with Crippen molar-refractivity contribution in [3.05, 3.63) is 23.6 Å². The minimum atomic E-state index is -0.915. The molecule has 0 aromatic carbocycles. The van der Waals surface area contributed by atoms with Gasteiger partial charge in [0.05, 0.1) is 12.3 Å². The lowest BCUT2D eigenvalue weighted by atomic mass is 10.1. The van der Waals surface area contributed by atoms with Gasteiger partial charge in [-0.15, -0.1) is 0 Å². The van der Waals surface area contributed by atoms with Crippen molar-refractivity contribution in [1.29, 1.82) is 0 Å². The van der Waals surface area contributed by atoms with E-state index in [-0.39, 0.29) is 5.56 Å². The van der Waals surface area contributed by atoms with Crippen molar-refractivity contribution in [3.63, 3.8) is 0 Å². The first-order chi connectivity index (χ1) is 8.69. The third kappa shape index (κ3) is 4.56. The van der Waals surface area contributed by atoms with Gasteiger partial charge in [-0.25, -0.2) is 15.2 Å². The van der Waals surface area contributed by atoms with E-state index in [0.717, 1.165) is 19.0 Å². The maximum atomic E-state index is 13.5. The van der Waals surface area contributed by atoms with Crippen molar-refractivity contribution in [1.82, 2.24) is 4.98 Å². The molecule has 0 aliphatic heterocycles. The average molecular weight is 257 g/mol. The number of aromatic nitrogens is 1. The Kier molecular flexibility index (Phi) is 6.56. The first kappa shape index (κ1) is 14.8. The van der Waals surface area contributed by atoms with Crippen LogP contribution in [0.2, 0.25) is 0 Å². The van der Waals surface area contributed by atoms with Crippen LogP contribution in [-0.2, 0) is 4.74 Å². The van der Waals surface area contributed by atoms with Crippen LogP contribution in [0.1, 0.15) is 37.9 Å². The summed E-state index contributed by atoms with van der Waals surface area (Å²) in [6.07, 6.45) is 2.51. The van der Waals surface area contributed by atoms with E-state index in [1.165, 1.54) is 6.07 Å². The van der Waals surface area contributed by atoms with Gasteiger partial charge in [0.2, 0.25) is 0 Å². The van der Waals surface area contributed by atoms with E-state index in [1.807, 2.05) is 0 Å². The van der Waals surface area contributed by atoms with Crippen LogP contribution in [-0.4, -0.2) is 23.3 Å².